The molecule has 8 atom stereocenters. The van der Waals surface area contributed by atoms with Crippen LogP contribution in [0.3, 0.4) is 0 Å². The van der Waals surface area contributed by atoms with Gasteiger partial charge in [-0.05, 0) is 153 Å². The average molecular weight is 577 g/mol. The third-order valence-electron chi connectivity index (χ3n) is 10.8. The normalized spacial score (nSPS) is 30.9. The second-order valence-electron chi connectivity index (χ2n) is 14.0. The molecule has 0 fully saturated rings. The van der Waals surface area contributed by atoms with Crippen molar-refractivity contribution < 1.29 is 9.47 Å². The van der Waals surface area contributed by atoms with E-state index in [0.29, 0.717) is 0 Å². The smallest absolute Gasteiger partial charge is 0.118 e. The van der Waals surface area contributed by atoms with Crippen molar-refractivity contribution in [2.45, 2.75) is 70.6 Å². The summed E-state index contributed by atoms with van der Waals surface area (Å²) in [5, 5.41) is 0. The van der Waals surface area contributed by atoms with Crippen LogP contribution in [0.5, 0.6) is 11.5 Å². The zero-order valence-electron chi connectivity index (χ0n) is 26.5. The molecule has 0 amide bonds. The molecule has 0 radical (unpaired) electrons. The van der Waals surface area contributed by atoms with Gasteiger partial charge in [0.15, 0.2) is 0 Å². The molecule has 2 aromatic carbocycles. The summed E-state index contributed by atoms with van der Waals surface area (Å²) >= 11 is 0. The SMILES string of the molecule is COc1ccc(CC[C@@H]2C=C[C@H](C[C@@H]3C=C[C@@H](C[C@@H]4C=C[C@@H](C[C@H]5C=C[C@@H](CCc6ccc(OC)cc6)C5)C4)C3)C2)cc1. The average Bonchev–Trinajstić information content (AvgIpc) is 3.86. The van der Waals surface area contributed by atoms with Gasteiger partial charge in [-0.15, -0.1) is 0 Å². The van der Waals surface area contributed by atoms with E-state index in [1.807, 2.05) is 0 Å². The summed E-state index contributed by atoms with van der Waals surface area (Å²) in [4.78, 5) is 0. The highest BCUT2D eigenvalue weighted by molar-refractivity contribution is 5.28. The molecule has 2 heteroatoms. The van der Waals surface area contributed by atoms with Crippen molar-refractivity contribution in [3.63, 3.8) is 0 Å². The lowest BCUT2D eigenvalue weighted by atomic mass is 9.85. The fourth-order valence-corrected chi connectivity index (χ4v) is 8.37. The molecule has 0 saturated heterocycles. The molecular weight excluding hydrogens is 524 g/mol. The number of rotatable bonds is 14. The van der Waals surface area contributed by atoms with Crippen molar-refractivity contribution in [2.75, 3.05) is 14.2 Å². The van der Waals surface area contributed by atoms with Crippen LogP contribution >= 0.6 is 0 Å². The van der Waals surface area contributed by atoms with E-state index in [0.717, 1.165) is 71.7 Å². The number of methoxy groups -OCH3 is 2. The van der Waals surface area contributed by atoms with Crippen LogP contribution in [0, 0.1) is 47.3 Å². The van der Waals surface area contributed by atoms with Crippen LogP contribution in [-0.4, -0.2) is 14.2 Å². The predicted octanol–water partition coefficient (Wildman–Crippen LogP) is 10.2. The summed E-state index contributed by atoms with van der Waals surface area (Å²) in [5.74, 6) is 8.03. The van der Waals surface area contributed by atoms with Crippen molar-refractivity contribution >= 4 is 0 Å². The minimum atomic E-state index is 0.743. The Hall–Kier alpha value is -3.00. The van der Waals surface area contributed by atoms with Crippen LogP contribution in [-0.2, 0) is 12.8 Å². The van der Waals surface area contributed by atoms with E-state index in [2.05, 4.69) is 97.1 Å². The zero-order valence-corrected chi connectivity index (χ0v) is 26.5. The number of allylic oxidation sites excluding steroid dienone is 8. The van der Waals surface area contributed by atoms with Gasteiger partial charge in [-0.2, -0.15) is 0 Å². The summed E-state index contributed by atoms with van der Waals surface area (Å²) in [6.07, 6.45) is 34.7. The molecule has 0 spiro atoms. The van der Waals surface area contributed by atoms with Gasteiger partial charge < -0.3 is 9.47 Å². The Morgan fingerprint density at radius 1 is 0.419 bits per heavy atom. The van der Waals surface area contributed by atoms with Gasteiger partial charge in [-0.25, -0.2) is 0 Å². The third-order valence-corrected chi connectivity index (χ3v) is 10.8. The summed E-state index contributed by atoms with van der Waals surface area (Å²) < 4.78 is 10.6. The molecule has 0 aromatic heterocycles. The van der Waals surface area contributed by atoms with Crippen LogP contribution < -0.4 is 9.47 Å². The van der Waals surface area contributed by atoms with Gasteiger partial charge in [0, 0.05) is 0 Å². The topological polar surface area (TPSA) is 18.5 Å². The first kappa shape index (κ1) is 30.0. The molecule has 2 aromatic rings. The van der Waals surface area contributed by atoms with E-state index in [-0.39, 0.29) is 0 Å². The molecule has 6 rings (SSSR count). The first-order valence-electron chi connectivity index (χ1n) is 17.1. The lowest BCUT2D eigenvalue weighted by Crippen LogP contribution is -2.09. The summed E-state index contributed by atoms with van der Waals surface area (Å²) in [5.41, 5.74) is 2.85. The minimum absolute atomic E-state index is 0.743. The maximum absolute atomic E-state index is 5.30. The van der Waals surface area contributed by atoms with Crippen LogP contribution in [0.1, 0.15) is 68.9 Å². The molecule has 43 heavy (non-hydrogen) atoms. The number of hydrogen-bond donors (Lipinski definition) is 0. The number of hydrogen-bond acceptors (Lipinski definition) is 2. The van der Waals surface area contributed by atoms with Gasteiger partial charge in [0.2, 0.25) is 0 Å². The first-order chi connectivity index (χ1) is 21.1. The Morgan fingerprint density at radius 3 is 1.00 bits per heavy atom. The second-order valence-corrected chi connectivity index (χ2v) is 14.0. The van der Waals surface area contributed by atoms with Gasteiger partial charge in [0.05, 0.1) is 14.2 Å². The Balaban J connectivity index is 0.841. The molecule has 4 aliphatic carbocycles. The highest BCUT2D eigenvalue weighted by Crippen LogP contribution is 2.41. The first-order valence-corrected chi connectivity index (χ1v) is 17.1. The molecular formula is C41H52O2. The molecule has 0 bridgehead atoms. The van der Waals surface area contributed by atoms with Crippen molar-refractivity contribution in [1.29, 1.82) is 0 Å². The molecule has 0 unspecified atom stereocenters. The maximum atomic E-state index is 5.30. The molecule has 0 saturated carbocycles. The van der Waals surface area contributed by atoms with Gasteiger partial charge in [0.1, 0.15) is 11.5 Å². The molecule has 4 aliphatic rings. The van der Waals surface area contributed by atoms with E-state index in [4.69, 9.17) is 9.47 Å². The highest BCUT2D eigenvalue weighted by atomic mass is 16.5. The molecule has 0 heterocycles. The van der Waals surface area contributed by atoms with E-state index in [1.54, 1.807) is 14.2 Å². The van der Waals surface area contributed by atoms with E-state index in [9.17, 15) is 0 Å². The fourth-order valence-electron chi connectivity index (χ4n) is 8.37. The fraction of sp³-hybridized carbons (Fsp3) is 0.512. The largest absolute Gasteiger partial charge is 0.497 e. The molecule has 0 N–H and O–H groups in total. The van der Waals surface area contributed by atoms with E-state index in [1.165, 1.54) is 68.9 Å². The van der Waals surface area contributed by atoms with Gasteiger partial charge in [-0.3, -0.25) is 0 Å². The summed E-state index contributed by atoms with van der Waals surface area (Å²) in [6.45, 7) is 0. The summed E-state index contributed by atoms with van der Waals surface area (Å²) in [7, 11) is 3.47. The quantitative estimate of drug-likeness (QED) is 0.208. The lowest BCUT2D eigenvalue weighted by molar-refractivity contribution is 0.356. The lowest BCUT2D eigenvalue weighted by Gasteiger charge is -2.20. The highest BCUT2D eigenvalue weighted by Gasteiger charge is 2.29. The molecule has 0 aliphatic heterocycles. The Bertz CT molecular complexity index is 1170. The van der Waals surface area contributed by atoms with Crippen molar-refractivity contribution in [2.24, 2.45) is 47.3 Å². The number of benzene rings is 2. The van der Waals surface area contributed by atoms with Crippen LogP contribution in [0.4, 0.5) is 0 Å². The Morgan fingerprint density at radius 2 is 0.698 bits per heavy atom. The summed E-state index contributed by atoms with van der Waals surface area (Å²) in [6, 6.07) is 17.2. The minimum Gasteiger partial charge on any atom is -0.497 e. The molecule has 2 nitrogen and oxygen atoms in total. The second kappa shape index (κ2) is 14.7. The van der Waals surface area contributed by atoms with Crippen molar-refractivity contribution in [3.05, 3.63) is 108 Å². The standard InChI is InChI=1S/C41H52O2/c1-42-40-19-15-30(16-20-40)3-5-32-7-9-34(23-32)25-36-11-13-38(27-36)29-39-14-12-37(28-39)26-35-10-8-33(24-35)6-4-31-17-21-41(43-2)22-18-31/h7-22,32-39H,3-6,23-29H2,1-2H3/t32-,33-,34+,35+,36+,37+,38-,39-/m1/s1. The van der Waals surface area contributed by atoms with Gasteiger partial charge in [-0.1, -0.05) is 72.9 Å². The number of ether oxygens (including phenoxy) is 2. The van der Waals surface area contributed by atoms with Crippen LogP contribution in [0.2, 0.25) is 0 Å². The van der Waals surface area contributed by atoms with Crippen molar-refractivity contribution in [1.82, 2.24) is 0 Å². The third kappa shape index (κ3) is 8.55. The van der Waals surface area contributed by atoms with Crippen LogP contribution in [0.25, 0.3) is 0 Å². The van der Waals surface area contributed by atoms with Crippen molar-refractivity contribution in [3.8, 4) is 11.5 Å². The van der Waals surface area contributed by atoms with Crippen LogP contribution in [0.15, 0.2) is 97.1 Å². The monoisotopic (exact) mass is 576 g/mol. The maximum Gasteiger partial charge on any atom is 0.118 e. The predicted molar refractivity (Wildman–Crippen MR) is 179 cm³/mol. The Labute approximate surface area is 261 Å². The van der Waals surface area contributed by atoms with E-state index < -0.39 is 0 Å². The van der Waals surface area contributed by atoms with E-state index >= 15 is 0 Å². The molecule has 228 valence electrons. The Kier molecular flexibility index (Phi) is 10.2. The van der Waals surface area contributed by atoms with Gasteiger partial charge in [0.25, 0.3) is 0 Å². The van der Waals surface area contributed by atoms with Gasteiger partial charge >= 0.3 is 0 Å². The number of aryl methyl sites for hydroxylation is 2. The zero-order chi connectivity index (χ0) is 29.4.